The second-order valence-corrected chi connectivity index (χ2v) is 1.12. The number of halogens is 1. The van der Waals surface area contributed by atoms with E-state index in [0.717, 1.165) is 5.12 Å². The lowest BCUT2D eigenvalue weighted by atomic mass is 10.7. The van der Waals surface area contributed by atoms with E-state index in [1.54, 1.807) is 0 Å². The minimum atomic E-state index is 0.160. The number of nitrogens with one attached hydrogen (secondary N) is 1. The fourth-order valence-corrected chi connectivity index (χ4v) is 0.171. The summed E-state index contributed by atoms with van der Waals surface area (Å²) in [4.78, 5) is 0. The van der Waals surface area contributed by atoms with Crippen molar-refractivity contribution in [2.75, 3.05) is 13.1 Å². The highest BCUT2D eigenvalue weighted by atomic mass is 19.2. The molecule has 0 aromatic rings. The van der Waals surface area contributed by atoms with Crippen LogP contribution in [0.3, 0.4) is 0 Å². The van der Waals surface area contributed by atoms with E-state index in [9.17, 15) is 4.48 Å². The Labute approximate surface area is 41.1 Å². The molecule has 0 aliphatic heterocycles. The number of nitrogens with zero attached hydrogens (tertiary/aromatic N) is 1. The lowest BCUT2D eigenvalue weighted by Gasteiger charge is -2.04. The van der Waals surface area contributed by atoms with Crippen LogP contribution < -0.4 is 17.2 Å². The summed E-state index contributed by atoms with van der Waals surface area (Å²) in [7, 11) is 0. The van der Waals surface area contributed by atoms with Crippen molar-refractivity contribution < 1.29 is 4.48 Å². The summed E-state index contributed by atoms with van der Waals surface area (Å²) in [5.41, 5.74) is 1.40. The Morgan fingerprint density at radius 2 is 2.14 bits per heavy atom. The van der Waals surface area contributed by atoms with Crippen LogP contribution in [0, 0.1) is 0 Å². The molecule has 0 aromatic heterocycles. The minimum Gasteiger partial charge on any atom is -0.255 e. The van der Waals surface area contributed by atoms with Crippen LogP contribution in [0.1, 0.15) is 0 Å². The van der Waals surface area contributed by atoms with Crippen LogP contribution in [-0.4, -0.2) is 18.2 Å². The molecule has 0 unspecified atom stereocenters. The normalized spacial score (nSPS) is 10.3. The maximum atomic E-state index is 11.0. The first-order chi connectivity index (χ1) is 3.27. The maximum Gasteiger partial charge on any atom is 0.0434 e. The number of hydrogen-bond donors (Lipinski definition) is 3. The topological polar surface area (TPSA) is 67.3 Å². The Morgan fingerprint density at radius 3 is 2.29 bits per heavy atom. The van der Waals surface area contributed by atoms with Crippen molar-refractivity contribution in [1.82, 2.24) is 10.7 Å². The van der Waals surface area contributed by atoms with Gasteiger partial charge in [-0.2, -0.15) is 10.7 Å². The van der Waals surface area contributed by atoms with Gasteiger partial charge in [-0.15, -0.1) is 4.48 Å². The van der Waals surface area contributed by atoms with Crippen molar-refractivity contribution in [3.63, 3.8) is 0 Å². The summed E-state index contributed by atoms with van der Waals surface area (Å²) in [5, 5.41) is 0.909. The van der Waals surface area contributed by atoms with Crippen LogP contribution >= 0.6 is 0 Å². The molecule has 0 bridgehead atoms. The zero-order valence-electron chi connectivity index (χ0n) is 3.89. The number of hydrazine groups is 2. The molecule has 5 heteroatoms. The van der Waals surface area contributed by atoms with E-state index >= 15 is 0 Å². The van der Waals surface area contributed by atoms with Crippen molar-refractivity contribution in [2.45, 2.75) is 0 Å². The highest BCUT2D eigenvalue weighted by Crippen LogP contribution is 1.59. The smallest absolute Gasteiger partial charge is 0.0434 e. The zero-order chi connectivity index (χ0) is 5.70. The van der Waals surface area contributed by atoms with Gasteiger partial charge >= 0.3 is 0 Å². The molecule has 0 saturated heterocycles. The van der Waals surface area contributed by atoms with Gasteiger partial charge < -0.3 is 0 Å². The van der Waals surface area contributed by atoms with E-state index in [2.05, 4.69) is 0 Å². The maximum absolute atomic E-state index is 11.0. The van der Waals surface area contributed by atoms with E-state index in [4.69, 9.17) is 11.7 Å². The largest absolute Gasteiger partial charge is 0.255 e. The summed E-state index contributed by atoms with van der Waals surface area (Å²) in [6, 6.07) is 0. The summed E-state index contributed by atoms with van der Waals surface area (Å²) in [6.07, 6.45) is 0. The fourth-order valence-electron chi connectivity index (χ4n) is 0.171. The standard InChI is InChI=1S/C2H9FN4/c3-6-1-2-7(4)5/h6H,1-2,4-5H2. The first-order valence-corrected chi connectivity index (χ1v) is 1.88. The van der Waals surface area contributed by atoms with Gasteiger partial charge in [-0.1, -0.05) is 0 Å². The molecule has 0 aliphatic rings. The Kier molecular flexibility index (Phi) is 3.81. The third kappa shape index (κ3) is 5.77. The van der Waals surface area contributed by atoms with E-state index < -0.39 is 0 Å². The quantitative estimate of drug-likeness (QED) is 0.234. The Balaban J connectivity index is 2.68. The van der Waals surface area contributed by atoms with Gasteiger partial charge in [0.2, 0.25) is 0 Å². The first-order valence-electron chi connectivity index (χ1n) is 1.88. The predicted octanol–water partition coefficient (Wildman–Crippen LogP) is -1.49. The Hall–Kier alpha value is -0.230. The summed E-state index contributed by atoms with van der Waals surface area (Å²) >= 11 is 0. The molecule has 0 amide bonds. The number of nitrogens with two attached hydrogens (primary N) is 2. The van der Waals surface area contributed by atoms with Crippen LogP contribution in [0.2, 0.25) is 0 Å². The molecule has 0 aliphatic carbocycles. The highest BCUT2D eigenvalue weighted by molar-refractivity contribution is 4.35. The summed E-state index contributed by atoms with van der Waals surface area (Å²) < 4.78 is 11.0. The van der Waals surface area contributed by atoms with Crippen molar-refractivity contribution >= 4 is 0 Å². The Bertz CT molecular complexity index is 38.7. The summed E-state index contributed by atoms with van der Waals surface area (Å²) in [6.45, 7) is 0.462. The molecule has 0 saturated carbocycles. The molecular formula is C2H9FN4. The number of hydrogen-bond acceptors (Lipinski definition) is 4. The molecule has 0 radical (unpaired) electrons. The first kappa shape index (κ1) is 6.77. The van der Waals surface area contributed by atoms with Crippen LogP contribution in [0.4, 0.5) is 4.48 Å². The van der Waals surface area contributed by atoms with Crippen LogP contribution in [0.25, 0.3) is 0 Å². The molecule has 7 heavy (non-hydrogen) atoms. The lowest BCUT2D eigenvalue weighted by molar-refractivity contribution is 0.248. The third-order valence-corrected chi connectivity index (χ3v) is 0.464. The molecule has 0 heterocycles. The van der Waals surface area contributed by atoms with Crippen LogP contribution in [-0.2, 0) is 0 Å². The highest BCUT2D eigenvalue weighted by Gasteiger charge is 1.85. The molecule has 5 N–H and O–H groups in total. The van der Waals surface area contributed by atoms with Crippen molar-refractivity contribution in [2.24, 2.45) is 11.7 Å². The molecule has 44 valence electrons. The van der Waals surface area contributed by atoms with Crippen LogP contribution in [0.15, 0.2) is 0 Å². The van der Waals surface area contributed by atoms with Gasteiger partial charge in [-0.05, 0) is 0 Å². The number of rotatable bonds is 3. The van der Waals surface area contributed by atoms with Crippen molar-refractivity contribution in [1.29, 1.82) is 0 Å². The van der Waals surface area contributed by atoms with Gasteiger partial charge in [-0.25, -0.2) is 0 Å². The van der Waals surface area contributed by atoms with Crippen LogP contribution in [0.5, 0.6) is 0 Å². The molecule has 0 atom stereocenters. The lowest BCUT2D eigenvalue weighted by Crippen LogP contribution is -2.41. The zero-order valence-corrected chi connectivity index (χ0v) is 3.89. The fraction of sp³-hybridized carbons (Fsp3) is 1.00. The predicted molar refractivity (Wildman–Crippen MR) is 24.2 cm³/mol. The van der Waals surface area contributed by atoms with E-state index in [1.807, 2.05) is 0 Å². The molecule has 0 rings (SSSR count). The molecule has 0 spiro atoms. The minimum absolute atomic E-state index is 0.160. The van der Waals surface area contributed by atoms with Gasteiger partial charge in [0.15, 0.2) is 0 Å². The molecule has 0 aromatic carbocycles. The Morgan fingerprint density at radius 1 is 1.57 bits per heavy atom. The van der Waals surface area contributed by atoms with Gasteiger partial charge in [0, 0.05) is 13.1 Å². The molecule has 4 nitrogen and oxygen atoms in total. The second-order valence-electron chi connectivity index (χ2n) is 1.12. The van der Waals surface area contributed by atoms with E-state index in [-0.39, 0.29) is 6.54 Å². The average molecular weight is 108 g/mol. The van der Waals surface area contributed by atoms with Crippen molar-refractivity contribution in [3.05, 3.63) is 0 Å². The average Bonchev–Trinajstić information content (AvgIpc) is 1.61. The van der Waals surface area contributed by atoms with Gasteiger partial charge in [0.1, 0.15) is 0 Å². The SMILES string of the molecule is NN(N)CCNF. The third-order valence-electron chi connectivity index (χ3n) is 0.464. The summed E-state index contributed by atoms with van der Waals surface area (Å²) in [5.74, 6) is 9.77. The van der Waals surface area contributed by atoms with Gasteiger partial charge in [0.25, 0.3) is 0 Å². The monoisotopic (exact) mass is 108 g/mol. The van der Waals surface area contributed by atoms with Crippen molar-refractivity contribution in [3.8, 4) is 0 Å². The van der Waals surface area contributed by atoms with Gasteiger partial charge in [0.05, 0.1) is 0 Å². The second kappa shape index (κ2) is 3.94. The van der Waals surface area contributed by atoms with E-state index in [1.165, 1.54) is 5.54 Å². The van der Waals surface area contributed by atoms with Gasteiger partial charge in [-0.3, -0.25) is 11.7 Å². The molecule has 0 fully saturated rings. The van der Waals surface area contributed by atoms with E-state index in [0.29, 0.717) is 6.54 Å². The molecular weight excluding hydrogens is 99.0 g/mol.